The fourth-order valence-electron chi connectivity index (χ4n) is 3.71. The fourth-order valence-corrected chi connectivity index (χ4v) is 4.75. The lowest BCUT2D eigenvalue weighted by Gasteiger charge is -2.24. The molecule has 0 saturated heterocycles. The maximum Gasteiger partial charge on any atom is 0.338 e. The molecule has 0 bridgehead atoms. The number of carbonyl (C=O) groups is 1. The van der Waals surface area contributed by atoms with Gasteiger partial charge in [0.15, 0.2) is 4.80 Å². The van der Waals surface area contributed by atoms with Gasteiger partial charge in [0.1, 0.15) is 5.75 Å². The van der Waals surface area contributed by atoms with Crippen LogP contribution in [0.15, 0.2) is 69.6 Å². The van der Waals surface area contributed by atoms with Gasteiger partial charge in [-0.3, -0.25) is 9.36 Å². The second-order valence-electron chi connectivity index (χ2n) is 7.49. The van der Waals surface area contributed by atoms with Crippen LogP contribution < -0.4 is 19.6 Å². The van der Waals surface area contributed by atoms with E-state index in [4.69, 9.17) is 9.47 Å². The van der Waals surface area contributed by atoms with Crippen molar-refractivity contribution >= 4 is 23.4 Å². The van der Waals surface area contributed by atoms with Crippen LogP contribution in [-0.2, 0) is 9.53 Å². The molecular formula is C25H24N2O4S. The van der Waals surface area contributed by atoms with Crippen LogP contribution in [0, 0.1) is 6.92 Å². The largest absolute Gasteiger partial charge is 0.497 e. The monoisotopic (exact) mass is 448 g/mol. The summed E-state index contributed by atoms with van der Waals surface area (Å²) in [6, 6.07) is 14.7. The van der Waals surface area contributed by atoms with Crippen molar-refractivity contribution in [3.63, 3.8) is 0 Å². The molecule has 0 saturated carbocycles. The number of hydrogen-bond donors (Lipinski definition) is 0. The number of allylic oxidation sites excluding steroid dienone is 1. The third-order valence-electron chi connectivity index (χ3n) is 5.32. The lowest BCUT2D eigenvalue weighted by molar-refractivity contribution is -0.139. The van der Waals surface area contributed by atoms with Crippen molar-refractivity contribution < 1.29 is 14.3 Å². The first-order valence-corrected chi connectivity index (χ1v) is 11.1. The van der Waals surface area contributed by atoms with Gasteiger partial charge in [0.25, 0.3) is 5.56 Å². The van der Waals surface area contributed by atoms with Crippen molar-refractivity contribution in [2.75, 3.05) is 13.7 Å². The van der Waals surface area contributed by atoms with Crippen molar-refractivity contribution in [3.05, 3.63) is 96.2 Å². The summed E-state index contributed by atoms with van der Waals surface area (Å²) < 4.78 is 12.7. The molecule has 32 heavy (non-hydrogen) atoms. The number of hydrogen-bond acceptors (Lipinski definition) is 6. The number of nitrogens with zero attached hydrogens (tertiary/aromatic N) is 2. The smallest absolute Gasteiger partial charge is 0.338 e. The quantitative estimate of drug-likeness (QED) is 0.563. The van der Waals surface area contributed by atoms with Crippen molar-refractivity contribution in [3.8, 4) is 5.75 Å². The number of ether oxygens (including phenoxy) is 2. The maximum atomic E-state index is 13.5. The minimum atomic E-state index is -0.628. The molecule has 1 aliphatic heterocycles. The molecule has 1 aromatic heterocycles. The second-order valence-corrected chi connectivity index (χ2v) is 8.50. The molecule has 0 amide bonds. The number of fused-ring (bicyclic) bond motifs is 1. The van der Waals surface area contributed by atoms with Gasteiger partial charge in [-0.05, 0) is 50.1 Å². The zero-order valence-electron chi connectivity index (χ0n) is 18.4. The molecule has 1 atom stereocenters. The summed E-state index contributed by atoms with van der Waals surface area (Å²) in [6.07, 6.45) is 1.86. The third kappa shape index (κ3) is 4.03. The summed E-state index contributed by atoms with van der Waals surface area (Å²) in [5.41, 5.74) is 3.59. The minimum absolute atomic E-state index is 0.190. The van der Waals surface area contributed by atoms with Crippen molar-refractivity contribution in [2.45, 2.75) is 26.8 Å². The van der Waals surface area contributed by atoms with E-state index in [0.29, 0.717) is 26.4 Å². The normalized spacial score (nSPS) is 15.9. The zero-order chi connectivity index (χ0) is 22.8. The molecule has 2 aromatic carbocycles. The van der Waals surface area contributed by atoms with Gasteiger partial charge in [-0.2, -0.15) is 0 Å². The zero-order valence-corrected chi connectivity index (χ0v) is 19.2. The van der Waals surface area contributed by atoms with Gasteiger partial charge in [-0.25, -0.2) is 9.79 Å². The molecule has 6 nitrogen and oxygen atoms in total. The van der Waals surface area contributed by atoms with Crippen LogP contribution in [0.3, 0.4) is 0 Å². The predicted molar refractivity (Wildman–Crippen MR) is 125 cm³/mol. The van der Waals surface area contributed by atoms with Crippen LogP contribution in [0.5, 0.6) is 5.75 Å². The van der Waals surface area contributed by atoms with Crippen LogP contribution in [-0.4, -0.2) is 24.3 Å². The summed E-state index contributed by atoms with van der Waals surface area (Å²) in [4.78, 5) is 31.5. The number of aryl methyl sites for hydroxylation is 1. The Balaban J connectivity index is 1.93. The Kier molecular flexibility index (Phi) is 6.10. The highest BCUT2D eigenvalue weighted by Crippen LogP contribution is 2.31. The van der Waals surface area contributed by atoms with E-state index in [1.807, 2.05) is 61.5 Å². The average Bonchev–Trinajstić information content (AvgIpc) is 3.09. The van der Waals surface area contributed by atoms with Crippen molar-refractivity contribution in [2.24, 2.45) is 4.99 Å². The maximum absolute atomic E-state index is 13.5. The average molecular weight is 449 g/mol. The summed E-state index contributed by atoms with van der Waals surface area (Å²) in [5.74, 6) is 0.223. The molecule has 164 valence electrons. The molecule has 0 fully saturated rings. The summed E-state index contributed by atoms with van der Waals surface area (Å²) >= 11 is 1.32. The predicted octanol–water partition coefficient (Wildman–Crippen LogP) is 3.12. The number of aromatic nitrogens is 1. The molecule has 4 rings (SSSR count). The van der Waals surface area contributed by atoms with E-state index in [2.05, 4.69) is 4.99 Å². The van der Waals surface area contributed by atoms with E-state index in [1.54, 1.807) is 25.5 Å². The highest BCUT2D eigenvalue weighted by molar-refractivity contribution is 7.07. The first-order valence-electron chi connectivity index (χ1n) is 10.3. The number of methoxy groups -OCH3 is 1. The molecule has 3 aromatic rings. The standard InChI is InChI=1S/C25H24N2O4S/c1-5-31-24(29)21-16(3)26-25-27(22(21)18-10-12-19(30-4)13-11-18)23(28)20(32-25)14-17-8-6-15(2)7-9-17/h6-14,22H,5H2,1-4H3/b20-14+. The van der Waals surface area contributed by atoms with Gasteiger partial charge in [-0.15, -0.1) is 0 Å². The molecule has 1 aliphatic rings. The SMILES string of the molecule is CCOC(=O)C1=C(C)N=c2s/c(=C/c3ccc(C)cc3)c(=O)n2C1c1ccc(OC)cc1. The van der Waals surface area contributed by atoms with E-state index in [1.165, 1.54) is 11.3 Å². The summed E-state index contributed by atoms with van der Waals surface area (Å²) in [5, 5.41) is 0. The Hall–Kier alpha value is -3.45. The first kappa shape index (κ1) is 21.8. The molecule has 0 N–H and O–H groups in total. The van der Waals surface area contributed by atoms with Gasteiger partial charge in [-0.1, -0.05) is 53.3 Å². The Bertz CT molecular complexity index is 1360. The number of esters is 1. The number of thiazole rings is 1. The van der Waals surface area contributed by atoms with Crippen LogP contribution in [0.4, 0.5) is 0 Å². The minimum Gasteiger partial charge on any atom is -0.497 e. The lowest BCUT2D eigenvalue weighted by atomic mass is 9.96. The van der Waals surface area contributed by atoms with E-state index in [9.17, 15) is 9.59 Å². The van der Waals surface area contributed by atoms with Gasteiger partial charge in [0.05, 0.1) is 35.6 Å². The van der Waals surface area contributed by atoms with Crippen LogP contribution >= 0.6 is 11.3 Å². The van der Waals surface area contributed by atoms with E-state index in [-0.39, 0.29) is 12.2 Å². The highest BCUT2D eigenvalue weighted by Gasteiger charge is 2.33. The van der Waals surface area contributed by atoms with E-state index in [0.717, 1.165) is 16.7 Å². The highest BCUT2D eigenvalue weighted by atomic mass is 32.1. The number of rotatable bonds is 5. The molecular weight excluding hydrogens is 424 g/mol. The topological polar surface area (TPSA) is 69.9 Å². The number of benzene rings is 2. The first-order chi connectivity index (χ1) is 15.4. The Labute approximate surface area is 189 Å². The van der Waals surface area contributed by atoms with Crippen molar-refractivity contribution in [1.82, 2.24) is 4.57 Å². The Morgan fingerprint density at radius 2 is 1.81 bits per heavy atom. The van der Waals surface area contributed by atoms with Crippen LogP contribution in [0.1, 0.15) is 36.6 Å². The molecule has 2 heterocycles. The molecule has 1 unspecified atom stereocenters. The molecule has 0 spiro atoms. The van der Waals surface area contributed by atoms with Crippen LogP contribution in [0.25, 0.3) is 6.08 Å². The van der Waals surface area contributed by atoms with E-state index < -0.39 is 12.0 Å². The van der Waals surface area contributed by atoms with Crippen molar-refractivity contribution in [1.29, 1.82) is 0 Å². The van der Waals surface area contributed by atoms with Crippen LogP contribution in [0.2, 0.25) is 0 Å². The van der Waals surface area contributed by atoms with Gasteiger partial charge >= 0.3 is 5.97 Å². The van der Waals surface area contributed by atoms with Gasteiger partial charge in [0, 0.05) is 0 Å². The Morgan fingerprint density at radius 3 is 2.44 bits per heavy atom. The lowest BCUT2D eigenvalue weighted by Crippen LogP contribution is -2.39. The second kappa shape index (κ2) is 8.96. The molecule has 7 heteroatoms. The van der Waals surface area contributed by atoms with Gasteiger partial charge < -0.3 is 9.47 Å². The van der Waals surface area contributed by atoms with Gasteiger partial charge in [0.2, 0.25) is 0 Å². The molecule has 0 aliphatic carbocycles. The summed E-state index contributed by atoms with van der Waals surface area (Å²) in [7, 11) is 1.59. The molecule has 0 radical (unpaired) electrons. The summed E-state index contributed by atoms with van der Waals surface area (Å²) in [6.45, 7) is 5.79. The third-order valence-corrected chi connectivity index (χ3v) is 6.31. The van der Waals surface area contributed by atoms with E-state index >= 15 is 0 Å². The number of carbonyl (C=O) groups excluding carboxylic acids is 1. The Morgan fingerprint density at radius 1 is 1.12 bits per heavy atom. The fraction of sp³-hybridized carbons (Fsp3) is 0.240.